The standard InChI is InChI=1S/C13H29BrO2Si/c1-4-6-11-15-17(3,13-9-8-10-14)16-12-7-5-2/h4-13H2,1-3H3. The first-order valence-electron chi connectivity index (χ1n) is 7.02. The van der Waals surface area contributed by atoms with Gasteiger partial charge in [0.25, 0.3) is 0 Å². The first-order valence-corrected chi connectivity index (χ1v) is 10.7. The molecule has 0 fully saturated rings. The van der Waals surface area contributed by atoms with Crippen molar-refractivity contribution >= 4 is 24.5 Å². The van der Waals surface area contributed by atoms with Crippen LogP contribution in [0.4, 0.5) is 0 Å². The zero-order valence-corrected chi connectivity index (χ0v) is 14.4. The molecule has 0 aliphatic rings. The van der Waals surface area contributed by atoms with Crippen LogP contribution in [0.25, 0.3) is 0 Å². The van der Waals surface area contributed by atoms with Crippen LogP contribution >= 0.6 is 15.9 Å². The van der Waals surface area contributed by atoms with E-state index in [4.69, 9.17) is 8.85 Å². The monoisotopic (exact) mass is 324 g/mol. The van der Waals surface area contributed by atoms with E-state index in [2.05, 4.69) is 36.3 Å². The second kappa shape index (κ2) is 11.7. The summed E-state index contributed by atoms with van der Waals surface area (Å²) in [4.78, 5) is 0. The van der Waals surface area contributed by atoms with Crippen LogP contribution < -0.4 is 0 Å². The maximum atomic E-state index is 6.06. The van der Waals surface area contributed by atoms with Crippen molar-refractivity contribution in [3.8, 4) is 0 Å². The van der Waals surface area contributed by atoms with Gasteiger partial charge in [0.2, 0.25) is 0 Å². The van der Waals surface area contributed by atoms with Crippen LogP contribution in [-0.4, -0.2) is 27.1 Å². The van der Waals surface area contributed by atoms with Crippen molar-refractivity contribution in [3.63, 3.8) is 0 Å². The lowest BCUT2D eigenvalue weighted by Gasteiger charge is -2.27. The molecular weight excluding hydrogens is 296 g/mol. The summed E-state index contributed by atoms with van der Waals surface area (Å²) in [5.74, 6) is 0. The van der Waals surface area contributed by atoms with E-state index in [1.165, 1.54) is 25.7 Å². The lowest BCUT2D eigenvalue weighted by atomic mass is 10.4. The Kier molecular flexibility index (Phi) is 12.1. The second-order valence-corrected chi connectivity index (χ2v) is 8.82. The Balaban J connectivity index is 3.95. The molecule has 0 saturated heterocycles. The van der Waals surface area contributed by atoms with E-state index in [0.717, 1.165) is 37.4 Å². The zero-order chi connectivity index (χ0) is 13.0. The Morgan fingerprint density at radius 1 is 0.882 bits per heavy atom. The van der Waals surface area contributed by atoms with E-state index in [0.29, 0.717) is 0 Å². The third-order valence-electron chi connectivity index (χ3n) is 2.83. The van der Waals surface area contributed by atoms with Gasteiger partial charge in [-0.15, -0.1) is 0 Å². The molecule has 0 radical (unpaired) electrons. The summed E-state index contributed by atoms with van der Waals surface area (Å²) in [5, 5.41) is 1.08. The van der Waals surface area contributed by atoms with Crippen molar-refractivity contribution in [3.05, 3.63) is 0 Å². The van der Waals surface area contributed by atoms with Crippen molar-refractivity contribution in [1.29, 1.82) is 0 Å². The molecule has 0 amide bonds. The molecule has 0 atom stereocenters. The van der Waals surface area contributed by atoms with Crippen LogP contribution in [0.1, 0.15) is 52.4 Å². The smallest absolute Gasteiger partial charge is 0.334 e. The van der Waals surface area contributed by atoms with Crippen LogP contribution in [0, 0.1) is 0 Å². The third kappa shape index (κ3) is 10.2. The molecule has 0 unspecified atom stereocenters. The van der Waals surface area contributed by atoms with Crippen molar-refractivity contribution in [2.75, 3.05) is 18.5 Å². The summed E-state index contributed by atoms with van der Waals surface area (Å²) in [7, 11) is -1.88. The predicted molar refractivity (Wildman–Crippen MR) is 81.2 cm³/mol. The summed E-state index contributed by atoms with van der Waals surface area (Å²) in [6, 6.07) is 1.13. The molecule has 0 aliphatic carbocycles. The fraction of sp³-hybridized carbons (Fsp3) is 1.00. The molecule has 0 aliphatic heterocycles. The van der Waals surface area contributed by atoms with Gasteiger partial charge < -0.3 is 8.85 Å². The molecule has 0 bridgehead atoms. The number of halogens is 1. The molecule has 0 spiro atoms. The van der Waals surface area contributed by atoms with Crippen LogP contribution in [0.2, 0.25) is 12.6 Å². The Hall–Kier alpha value is 0.617. The Bertz CT molecular complexity index is 141. The third-order valence-corrected chi connectivity index (χ3v) is 6.28. The maximum absolute atomic E-state index is 6.06. The van der Waals surface area contributed by atoms with E-state index in [9.17, 15) is 0 Å². The highest BCUT2D eigenvalue weighted by Crippen LogP contribution is 2.19. The number of unbranched alkanes of at least 4 members (excludes halogenated alkanes) is 3. The van der Waals surface area contributed by atoms with Gasteiger partial charge in [-0.25, -0.2) is 0 Å². The average molecular weight is 325 g/mol. The minimum atomic E-state index is -1.88. The van der Waals surface area contributed by atoms with Gasteiger partial charge >= 0.3 is 8.56 Å². The van der Waals surface area contributed by atoms with E-state index in [1.54, 1.807) is 0 Å². The zero-order valence-electron chi connectivity index (χ0n) is 11.8. The van der Waals surface area contributed by atoms with Gasteiger partial charge in [0.15, 0.2) is 0 Å². The largest absolute Gasteiger partial charge is 0.394 e. The highest BCUT2D eigenvalue weighted by molar-refractivity contribution is 9.09. The SMILES string of the molecule is CCCCO[Si](C)(CCCCBr)OCCCC. The molecule has 0 saturated carbocycles. The molecule has 104 valence electrons. The summed E-state index contributed by atoms with van der Waals surface area (Å²) in [5.41, 5.74) is 0. The number of hydrogen-bond acceptors (Lipinski definition) is 2. The van der Waals surface area contributed by atoms with E-state index < -0.39 is 8.56 Å². The van der Waals surface area contributed by atoms with Crippen LogP contribution in [0.15, 0.2) is 0 Å². The fourth-order valence-electron chi connectivity index (χ4n) is 1.59. The molecule has 0 aromatic rings. The first kappa shape index (κ1) is 17.6. The Morgan fingerprint density at radius 3 is 1.82 bits per heavy atom. The number of rotatable bonds is 12. The molecule has 0 aromatic heterocycles. The van der Waals surface area contributed by atoms with Gasteiger partial charge in [-0.3, -0.25) is 0 Å². The second-order valence-electron chi connectivity index (χ2n) is 4.68. The predicted octanol–water partition coefficient (Wildman–Crippen LogP) is 4.87. The molecule has 0 aromatic carbocycles. The maximum Gasteiger partial charge on any atom is 0.334 e. The van der Waals surface area contributed by atoms with Gasteiger partial charge in [-0.1, -0.05) is 49.0 Å². The minimum Gasteiger partial charge on any atom is -0.394 e. The van der Waals surface area contributed by atoms with Gasteiger partial charge in [-0.05, 0) is 31.9 Å². The molecule has 17 heavy (non-hydrogen) atoms. The average Bonchev–Trinajstić information content (AvgIpc) is 2.30. The van der Waals surface area contributed by atoms with Crippen LogP contribution in [0.5, 0.6) is 0 Å². The molecule has 0 rings (SSSR count). The molecule has 0 N–H and O–H groups in total. The van der Waals surface area contributed by atoms with Gasteiger partial charge in [0.05, 0.1) is 0 Å². The van der Waals surface area contributed by atoms with Gasteiger partial charge in [0, 0.05) is 18.5 Å². The highest BCUT2D eigenvalue weighted by Gasteiger charge is 2.30. The summed E-state index contributed by atoms with van der Waals surface area (Å²) >= 11 is 3.48. The van der Waals surface area contributed by atoms with E-state index >= 15 is 0 Å². The van der Waals surface area contributed by atoms with Crippen molar-refractivity contribution in [2.45, 2.75) is 65.0 Å². The van der Waals surface area contributed by atoms with Crippen molar-refractivity contribution in [2.24, 2.45) is 0 Å². The van der Waals surface area contributed by atoms with Crippen LogP contribution in [0.3, 0.4) is 0 Å². The lowest BCUT2D eigenvalue weighted by Crippen LogP contribution is -2.39. The Labute approximate surface area is 117 Å². The Morgan fingerprint density at radius 2 is 1.41 bits per heavy atom. The normalized spacial score (nSPS) is 12.0. The van der Waals surface area contributed by atoms with E-state index in [-0.39, 0.29) is 0 Å². The summed E-state index contributed by atoms with van der Waals surface area (Å²) in [6.45, 7) is 8.38. The number of hydrogen-bond donors (Lipinski definition) is 0. The van der Waals surface area contributed by atoms with Crippen molar-refractivity contribution < 1.29 is 8.85 Å². The lowest BCUT2D eigenvalue weighted by molar-refractivity contribution is 0.168. The minimum absolute atomic E-state index is 0.875. The van der Waals surface area contributed by atoms with Crippen LogP contribution in [-0.2, 0) is 8.85 Å². The van der Waals surface area contributed by atoms with E-state index in [1.807, 2.05) is 0 Å². The van der Waals surface area contributed by atoms with Crippen molar-refractivity contribution in [1.82, 2.24) is 0 Å². The summed E-state index contributed by atoms with van der Waals surface area (Å²) in [6.07, 6.45) is 7.13. The summed E-state index contributed by atoms with van der Waals surface area (Å²) < 4.78 is 12.1. The van der Waals surface area contributed by atoms with Gasteiger partial charge in [-0.2, -0.15) is 0 Å². The topological polar surface area (TPSA) is 18.5 Å². The number of alkyl halides is 1. The molecular formula is C13H29BrO2Si. The molecule has 2 nitrogen and oxygen atoms in total. The fourth-order valence-corrected chi connectivity index (χ4v) is 4.40. The first-order chi connectivity index (χ1) is 8.18. The van der Waals surface area contributed by atoms with Gasteiger partial charge in [0.1, 0.15) is 0 Å². The molecule has 0 heterocycles. The quantitative estimate of drug-likeness (QED) is 0.290. The highest BCUT2D eigenvalue weighted by atomic mass is 79.9. The molecule has 4 heteroatoms.